The van der Waals surface area contributed by atoms with Crippen molar-refractivity contribution >= 4 is 0 Å². The van der Waals surface area contributed by atoms with Gasteiger partial charge in [0.05, 0.1) is 0 Å². The van der Waals surface area contributed by atoms with Crippen molar-refractivity contribution in [2.24, 2.45) is 5.84 Å². The van der Waals surface area contributed by atoms with E-state index in [9.17, 15) is 0 Å². The number of rotatable bonds is 5. The Morgan fingerprint density at radius 2 is 2.38 bits per heavy atom. The normalized spacial score (nSPS) is 9.75. The van der Waals surface area contributed by atoms with Gasteiger partial charge in [0.15, 0.2) is 0 Å². The zero-order valence-corrected chi connectivity index (χ0v) is 5.48. The van der Waals surface area contributed by atoms with Gasteiger partial charge in [-0.3, -0.25) is 11.3 Å². The van der Waals surface area contributed by atoms with Gasteiger partial charge in [-0.05, 0) is 19.3 Å². The fourth-order valence-corrected chi connectivity index (χ4v) is 0.553. The van der Waals surface area contributed by atoms with Crippen molar-refractivity contribution in [1.29, 1.82) is 0 Å². The standard InChI is InChI=1S/C6H15N2/c1-2-3-4-5-6-8-7/h3,8H,2,4-7H2,1H3. The molecule has 0 spiro atoms. The van der Waals surface area contributed by atoms with Gasteiger partial charge in [0.1, 0.15) is 0 Å². The topological polar surface area (TPSA) is 38.0 Å². The molecule has 2 nitrogen and oxygen atoms in total. The van der Waals surface area contributed by atoms with Crippen LogP contribution in [0.5, 0.6) is 0 Å². The van der Waals surface area contributed by atoms with Crippen LogP contribution >= 0.6 is 0 Å². The maximum absolute atomic E-state index is 5.05. The van der Waals surface area contributed by atoms with E-state index in [1.54, 1.807) is 0 Å². The first-order valence-electron chi connectivity index (χ1n) is 3.17. The fraction of sp³-hybridized carbons (Fsp3) is 0.833. The molecule has 0 saturated carbocycles. The van der Waals surface area contributed by atoms with E-state index in [2.05, 4.69) is 18.8 Å². The van der Waals surface area contributed by atoms with Crippen molar-refractivity contribution < 1.29 is 0 Å². The molecule has 0 saturated heterocycles. The van der Waals surface area contributed by atoms with Crippen LogP contribution in [0, 0.1) is 6.42 Å². The third-order valence-electron chi connectivity index (χ3n) is 1.02. The summed E-state index contributed by atoms with van der Waals surface area (Å²) in [6.45, 7) is 3.08. The lowest BCUT2D eigenvalue weighted by atomic mass is 10.2. The number of nitrogens with two attached hydrogens (primary N) is 1. The molecule has 0 aromatic heterocycles. The first-order chi connectivity index (χ1) is 3.91. The van der Waals surface area contributed by atoms with Crippen LogP contribution in [-0.4, -0.2) is 6.54 Å². The molecule has 1 radical (unpaired) electrons. The lowest BCUT2D eigenvalue weighted by molar-refractivity contribution is 0.668. The maximum atomic E-state index is 5.05. The molecule has 0 amide bonds. The quantitative estimate of drug-likeness (QED) is 0.316. The second-order valence-electron chi connectivity index (χ2n) is 1.79. The lowest BCUT2D eigenvalue weighted by Crippen LogP contribution is -2.22. The van der Waals surface area contributed by atoms with Crippen LogP contribution in [0.1, 0.15) is 26.2 Å². The number of unbranched alkanes of at least 4 members (excludes halogenated alkanes) is 3. The van der Waals surface area contributed by atoms with Gasteiger partial charge in [0.2, 0.25) is 0 Å². The summed E-state index contributed by atoms with van der Waals surface area (Å²) in [4.78, 5) is 0. The first kappa shape index (κ1) is 7.92. The van der Waals surface area contributed by atoms with Crippen LogP contribution in [0.25, 0.3) is 0 Å². The predicted octanol–water partition coefficient (Wildman–Crippen LogP) is 0.844. The van der Waals surface area contributed by atoms with E-state index in [-0.39, 0.29) is 0 Å². The Kier molecular flexibility index (Phi) is 6.85. The summed E-state index contributed by atoms with van der Waals surface area (Å²) in [6.07, 6.45) is 5.77. The summed E-state index contributed by atoms with van der Waals surface area (Å²) < 4.78 is 0. The van der Waals surface area contributed by atoms with Gasteiger partial charge in [-0.1, -0.05) is 13.3 Å². The largest absolute Gasteiger partial charge is 0.271 e. The van der Waals surface area contributed by atoms with Crippen molar-refractivity contribution in [2.75, 3.05) is 6.54 Å². The molecule has 0 rings (SSSR count). The second-order valence-corrected chi connectivity index (χ2v) is 1.79. The Labute approximate surface area is 51.4 Å². The zero-order valence-electron chi connectivity index (χ0n) is 5.48. The van der Waals surface area contributed by atoms with E-state index in [4.69, 9.17) is 5.84 Å². The molecular weight excluding hydrogens is 100 g/mol. The summed E-state index contributed by atoms with van der Waals surface area (Å²) in [5, 5.41) is 0. The fourth-order valence-electron chi connectivity index (χ4n) is 0.553. The maximum Gasteiger partial charge on any atom is 0.00975 e. The second kappa shape index (κ2) is 6.92. The molecule has 0 aliphatic carbocycles. The van der Waals surface area contributed by atoms with Crippen LogP contribution in [0.4, 0.5) is 0 Å². The highest BCUT2D eigenvalue weighted by atomic mass is 15.2. The van der Waals surface area contributed by atoms with Crippen molar-refractivity contribution in [2.45, 2.75) is 26.2 Å². The van der Waals surface area contributed by atoms with E-state index in [1.807, 2.05) is 0 Å². The minimum absolute atomic E-state index is 0.927. The van der Waals surface area contributed by atoms with Crippen molar-refractivity contribution in [3.8, 4) is 0 Å². The van der Waals surface area contributed by atoms with Crippen molar-refractivity contribution in [3.05, 3.63) is 6.42 Å². The molecule has 8 heavy (non-hydrogen) atoms. The molecule has 0 heterocycles. The van der Waals surface area contributed by atoms with E-state index in [1.165, 1.54) is 12.8 Å². The molecule has 0 bridgehead atoms. The molecular formula is C6H15N2. The number of hydrogen-bond donors (Lipinski definition) is 2. The average Bonchev–Trinajstić information content (AvgIpc) is 1.81. The molecule has 0 aromatic carbocycles. The molecule has 0 aliphatic rings. The number of nitrogens with one attached hydrogen (secondary N) is 1. The molecule has 0 unspecified atom stereocenters. The van der Waals surface area contributed by atoms with E-state index in [0.29, 0.717) is 0 Å². The zero-order chi connectivity index (χ0) is 6.24. The van der Waals surface area contributed by atoms with Crippen LogP contribution in [0.3, 0.4) is 0 Å². The highest BCUT2D eigenvalue weighted by Crippen LogP contribution is 1.94. The van der Waals surface area contributed by atoms with Crippen LogP contribution in [-0.2, 0) is 0 Å². The summed E-state index contributed by atoms with van der Waals surface area (Å²) in [6, 6.07) is 0. The van der Waals surface area contributed by atoms with Gasteiger partial charge in [-0.15, -0.1) is 0 Å². The Morgan fingerprint density at radius 3 is 2.88 bits per heavy atom. The first-order valence-corrected chi connectivity index (χ1v) is 3.17. The lowest BCUT2D eigenvalue weighted by Gasteiger charge is -1.95. The molecule has 49 valence electrons. The monoisotopic (exact) mass is 115 g/mol. The van der Waals surface area contributed by atoms with Gasteiger partial charge >= 0.3 is 0 Å². The third-order valence-corrected chi connectivity index (χ3v) is 1.02. The Hall–Kier alpha value is -0.0800. The SMILES string of the molecule is CC[CH]CCCNN. The number of hydrogen-bond acceptors (Lipinski definition) is 2. The Bertz CT molecular complexity index is 31.5. The summed E-state index contributed by atoms with van der Waals surface area (Å²) in [5.74, 6) is 5.05. The molecule has 2 heteroatoms. The Morgan fingerprint density at radius 1 is 1.62 bits per heavy atom. The van der Waals surface area contributed by atoms with E-state index < -0.39 is 0 Å². The van der Waals surface area contributed by atoms with Crippen LogP contribution < -0.4 is 11.3 Å². The minimum atomic E-state index is 0.927. The van der Waals surface area contributed by atoms with Crippen molar-refractivity contribution in [1.82, 2.24) is 5.43 Å². The van der Waals surface area contributed by atoms with Gasteiger partial charge in [0, 0.05) is 6.54 Å². The predicted molar refractivity (Wildman–Crippen MR) is 36.0 cm³/mol. The van der Waals surface area contributed by atoms with Gasteiger partial charge in [-0.2, -0.15) is 0 Å². The van der Waals surface area contributed by atoms with Crippen LogP contribution in [0.15, 0.2) is 0 Å². The third kappa shape index (κ3) is 5.92. The van der Waals surface area contributed by atoms with Crippen molar-refractivity contribution in [3.63, 3.8) is 0 Å². The van der Waals surface area contributed by atoms with E-state index >= 15 is 0 Å². The molecule has 0 aromatic rings. The summed E-state index contributed by atoms with van der Waals surface area (Å²) in [7, 11) is 0. The minimum Gasteiger partial charge on any atom is -0.271 e. The smallest absolute Gasteiger partial charge is 0.00975 e. The van der Waals surface area contributed by atoms with Crippen LogP contribution in [0.2, 0.25) is 0 Å². The summed E-state index contributed by atoms with van der Waals surface area (Å²) >= 11 is 0. The highest BCUT2D eigenvalue weighted by Gasteiger charge is 1.83. The molecule has 0 atom stereocenters. The Balaban J connectivity index is 2.53. The van der Waals surface area contributed by atoms with E-state index in [0.717, 1.165) is 13.0 Å². The van der Waals surface area contributed by atoms with Gasteiger partial charge in [-0.25, -0.2) is 0 Å². The highest BCUT2D eigenvalue weighted by molar-refractivity contribution is 4.60. The van der Waals surface area contributed by atoms with Gasteiger partial charge < -0.3 is 0 Å². The average molecular weight is 115 g/mol. The number of hydrazine groups is 1. The molecule has 0 aliphatic heterocycles. The summed E-state index contributed by atoms with van der Waals surface area (Å²) in [5.41, 5.74) is 2.61. The molecule has 3 N–H and O–H groups in total. The molecule has 0 fully saturated rings. The van der Waals surface area contributed by atoms with Gasteiger partial charge in [0.25, 0.3) is 0 Å².